The van der Waals surface area contributed by atoms with Gasteiger partial charge in [0.1, 0.15) is 0 Å². The maximum atomic E-state index is 11.9. The van der Waals surface area contributed by atoms with Crippen LogP contribution >= 0.6 is 0 Å². The molecule has 0 spiro atoms. The first-order chi connectivity index (χ1) is 9.47. The van der Waals surface area contributed by atoms with Crippen molar-refractivity contribution >= 4 is 11.7 Å². The number of rotatable bonds is 7. The van der Waals surface area contributed by atoms with Crippen LogP contribution in [0.2, 0.25) is 0 Å². The summed E-state index contributed by atoms with van der Waals surface area (Å²) in [5, 5.41) is 2.57. The molecular weight excluding hydrogens is 266 g/mol. The van der Waals surface area contributed by atoms with Crippen molar-refractivity contribution in [3.8, 4) is 0 Å². The molecule has 0 bridgehead atoms. The average molecular weight is 283 g/mol. The zero-order chi connectivity index (χ0) is 15.1. The summed E-state index contributed by atoms with van der Waals surface area (Å²) < 4.78 is 5.61. The van der Waals surface area contributed by atoms with Gasteiger partial charge in [0.25, 0.3) is 5.56 Å². The summed E-state index contributed by atoms with van der Waals surface area (Å²) in [4.78, 5) is 48.4. The molecule has 0 saturated carbocycles. The Kier molecular flexibility index (Phi) is 5.85. The Hall–Kier alpha value is -2.22. The van der Waals surface area contributed by atoms with Crippen molar-refractivity contribution in [2.45, 2.75) is 19.9 Å². The molecule has 0 aliphatic heterocycles. The van der Waals surface area contributed by atoms with E-state index in [1.807, 2.05) is 0 Å². The number of nitrogens with one attached hydrogen (secondary N) is 2. The van der Waals surface area contributed by atoms with E-state index < -0.39 is 17.0 Å². The summed E-state index contributed by atoms with van der Waals surface area (Å²) in [6, 6.07) is 0. The number of hydrogen-bond donors (Lipinski definition) is 2. The van der Waals surface area contributed by atoms with Crippen molar-refractivity contribution in [3.63, 3.8) is 0 Å². The predicted molar refractivity (Wildman–Crippen MR) is 70.8 cm³/mol. The number of aromatic amines is 1. The van der Waals surface area contributed by atoms with Crippen molar-refractivity contribution in [1.29, 1.82) is 0 Å². The molecule has 0 saturated heterocycles. The minimum Gasteiger partial charge on any atom is -0.383 e. The quantitative estimate of drug-likeness (QED) is 0.487. The van der Waals surface area contributed by atoms with Gasteiger partial charge in [-0.1, -0.05) is 0 Å². The van der Waals surface area contributed by atoms with E-state index in [0.717, 1.165) is 10.8 Å². The van der Waals surface area contributed by atoms with Crippen LogP contribution < -0.4 is 16.6 Å². The third-order valence-corrected chi connectivity index (χ3v) is 2.63. The highest BCUT2D eigenvalue weighted by Gasteiger charge is 2.11. The van der Waals surface area contributed by atoms with Crippen molar-refractivity contribution in [2.24, 2.45) is 0 Å². The van der Waals surface area contributed by atoms with Crippen LogP contribution in [0.5, 0.6) is 0 Å². The molecule has 110 valence electrons. The number of H-pyrrole nitrogens is 1. The SMILES string of the molecule is COCCNC(=O)CCn1c(=O)[nH]cc(C(C)=O)c1=O. The molecule has 8 heteroatoms. The van der Waals surface area contributed by atoms with Gasteiger partial charge in [0.05, 0.1) is 12.2 Å². The highest BCUT2D eigenvalue weighted by Crippen LogP contribution is 1.89. The number of carbonyl (C=O) groups is 2. The van der Waals surface area contributed by atoms with Gasteiger partial charge >= 0.3 is 5.69 Å². The van der Waals surface area contributed by atoms with Crippen LogP contribution in [-0.2, 0) is 16.1 Å². The smallest absolute Gasteiger partial charge is 0.328 e. The Bertz CT molecular complexity index is 602. The molecule has 0 atom stereocenters. The van der Waals surface area contributed by atoms with Crippen LogP contribution in [0.25, 0.3) is 0 Å². The van der Waals surface area contributed by atoms with E-state index >= 15 is 0 Å². The fourth-order valence-corrected chi connectivity index (χ4v) is 1.56. The van der Waals surface area contributed by atoms with Crippen molar-refractivity contribution in [2.75, 3.05) is 20.3 Å². The summed E-state index contributed by atoms with van der Waals surface area (Å²) in [6.45, 7) is 1.88. The lowest BCUT2D eigenvalue weighted by atomic mass is 10.2. The first kappa shape index (κ1) is 15.8. The van der Waals surface area contributed by atoms with E-state index in [9.17, 15) is 19.2 Å². The molecule has 20 heavy (non-hydrogen) atoms. The number of ether oxygens (including phenoxy) is 1. The molecule has 0 radical (unpaired) electrons. The fourth-order valence-electron chi connectivity index (χ4n) is 1.56. The number of hydrogen-bond acceptors (Lipinski definition) is 5. The van der Waals surface area contributed by atoms with Crippen LogP contribution in [-0.4, -0.2) is 41.5 Å². The van der Waals surface area contributed by atoms with Gasteiger partial charge in [0, 0.05) is 32.8 Å². The third kappa shape index (κ3) is 4.16. The van der Waals surface area contributed by atoms with Crippen molar-refractivity contribution in [3.05, 3.63) is 32.6 Å². The number of nitrogens with zero attached hydrogens (tertiary/aromatic N) is 1. The van der Waals surface area contributed by atoms with E-state index in [4.69, 9.17) is 4.74 Å². The van der Waals surface area contributed by atoms with Gasteiger partial charge in [-0.15, -0.1) is 0 Å². The Labute approximate surface area is 114 Å². The molecule has 0 aromatic carbocycles. The highest BCUT2D eigenvalue weighted by molar-refractivity contribution is 5.93. The molecule has 0 aliphatic carbocycles. The normalized spacial score (nSPS) is 10.3. The second-order valence-electron chi connectivity index (χ2n) is 4.11. The number of Topliss-reactive ketones (excluding diaryl/α,β-unsaturated/α-hetero) is 1. The predicted octanol–water partition coefficient (Wildman–Crippen LogP) is -1.11. The average Bonchev–Trinajstić information content (AvgIpc) is 2.38. The second kappa shape index (κ2) is 7.39. The monoisotopic (exact) mass is 283 g/mol. The van der Waals surface area contributed by atoms with Gasteiger partial charge in [-0.25, -0.2) is 4.79 Å². The van der Waals surface area contributed by atoms with Gasteiger partial charge in [0.15, 0.2) is 5.78 Å². The third-order valence-electron chi connectivity index (χ3n) is 2.63. The van der Waals surface area contributed by atoms with Crippen LogP contribution in [0.15, 0.2) is 15.8 Å². The summed E-state index contributed by atoms with van der Waals surface area (Å²) >= 11 is 0. The minimum atomic E-state index is -0.689. The van der Waals surface area contributed by atoms with E-state index in [-0.39, 0.29) is 24.4 Å². The Morgan fingerprint density at radius 3 is 2.70 bits per heavy atom. The molecule has 0 fully saturated rings. The lowest BCUT2D eigenvalue weighted by Gasteiger charge is -2.06. The Morgan fingerprint density at radius 2 is 2.10 bits per heavy atom. The van der Waals surface area contributed by atoms with Crippen LogP contribution in [0.4, 0.5) is 0 Å². The number of aromatic nitrogens is 2. The zero-order valence-corrected chi connectivity index (χ0v) is 11.4. The molecule has 1 amide bonds. The van der Waals surface area contributed by atoms with Crippen LogP contribution in [0, 0.1) is 0 Å². The molecule has 0 aliphatic rings. The number of methoxy groups -OCH3 is 1. The number of carbonyl (C=O) groups excluding carboxylic acids is 2. The number of amides is 1. The molecule has 8 nitrogen and oxygen atoms in total. The van der Waals surface area contributed by atoms with E-state index in [0.29, 0.717) is 13.2 Å². The lowest BCUT2D eigenvalue weighted by Crippen LogP contribution is -2.39. The van der Waals surface area contributed by atoms with E-state index in [1.54, 1.807) is 0 Å². The lowest BCUT2D eigenvalue weighted by molar-refractivity contribution is -0.121. The van der Waals surface area contributed by atoms with Gasteiger partial charge in [-0.3, -0.25) is 19.0 Å². The molecule has 1 heterocycles. The van der Waals surface area contributed by atoms with Gasteiger partial charge in [0.2, 0.25) is 5.91 Å². The summed E-state index contributed by atoms with van der Waals surface area (Å²) in [7, 11) is 1.51. The Balaban J connectivity index is 2.76. The molecule has 1 aromatic heterocycles. The summed E-state index contributed by atoms with van der Waals surface area (Å²) in [5.74, 6) is -0.744. The minimum absolute atomic E-state index is 0.0337. The van der Waals surface area contributed by atoms with E-state index in [1.165, 1.54) is 14.0 Å². The van der Waals surface area contributed by atoms with E-state index in [2.05, 4.69) is 10.3 Å². The Morgan fingerprint density at radius 1 is 1.40 bits per heavy atom. The first-order valence-corrected chi connectivity index (χ1v) is 6.06. The second-order valence-corrected chi connectivity index (χ2v) is 4.11. The van der Waals surface area contributed by atoms with Crippen LogP contribution in [0.3, 0.4) is 0 Å². The van der Waals surface area contributed by atoms with Crippen LogP contribution in [0.1, 0.15) is 23.7 Å². The number of ketones is 1. The van der Waals surface area contributed by atoms with Crippen molar-refractivity contribution in [1.82, 2.24) is 14.9 Å². The highest BCUT2D eigenvalue weighted by atomic mass is 16.5. The zero-order valence-electron chi connectivity index (χ0n) is 11.4. The topological polar surface area (TPSA) is 110 Å². The molecule has 1 rings (SSSR count). The molecule has 1 aromatic rings. The van der Waals surface area contributed by atoms with Gasteiger partial charge in [-0.05, 0) is 6.92 Å². The molecule has 0 unspecified atom stereocenters. The maximum absolute atomic E-state index is 11.9. The van der Waals surface area contributed by atoms with Gasteiger partial charge in [-0.2, -0.15) is 0 Å². The van der Waals surface area contributed by atoms with Gasteiger partial charge < -0.3 is 15.0 Å². The first-order valence-electron chi connectivity index (χ1n) is 6.06. The summed E-state index contributed by atoms with van der Waals surface area (Å²) in [5.41, 5.74) is -1.44. The largest absolute Gasteiger partial charge is 0.383 e. The summed E-state index contributed by atoms with van der Waals surface area (Å²) in [6.07, 6.45) is 1.05. The molecular formula is C12H17N3O5. The standard InChI is InChI=1S/C12H17N3O5/c1-8(16)9-7-14-12(19)15(11(9)18)5-3-10(17)13-4-6-20-2/h7H,3-6H2,1-2H3,(H,13,17)(H,14,19). The van der Waals surface area contributed by atoms with Crippen molar-refractivity contribution < 1.29 is 14.3 Å². The maximum Gasteiger partial charge on any atom is 0.328 e. The fraction of sp³-hybridized carbons (Fsp3) is 0.500. The molecule has 2 N–H and O–H groups in total.